The van der Waals surface area contributed by atoms with Gasteiger partial charge in [0.2, 0.25) is 0 Å². The van der Waals surface area contributed by atoms with Crippen molar-refractivity contribution in [2.24, 2.45) is 17.3 Å². The molecule has 1 nitrogen and oxygen atoms in total. The van der Waals surface area contributed by atoms with Crippen molar-refractivity contribution in [3.8, 4) is 0 Å². The first kappa shape index (κ1) is 7.78. The number of aldehydes is 1. The smallest absolute Gasteiger partial charge is 0.127 e. The van der Waals surface area contributed by atoms with Gasteiger partial charge < -0.3 is 4.79 Å². The summed E-state index contributed by atoms with van der Waals surface area (Å²) in [4.78, 5) is 11.0. The maximum atomic E-state index is 11.0. The molecule has 2 rings (SSSR count). The fourth-order valence-corrected chi connectivity index (χ4v) is 2.68. The van der Waals surface area contributed by atoms with Crippen LogP contribution in [-0.2, 0) is 4.79 Å². The highest BCUT2D eigenvalue weighted by Crippen LogP contribution is 2.52. The van der Waals surface area contributed by atoms with E-state index in [1.54, 1.807) is 0 Å². The number of fused-ring (bicyclic) bond motifs is 2. The molecule has 0 saturated heterocycles. The Labute approximate surface area is 73.2 Å². The van der Waals surface area contributed by atoms with E-state index in [1.165, 1.54) is 6.42 Å². The molecular formula is C11H14O. The lowest BCUT2D eigenvalue weighted by Gasteiger charge is -2.28. The number of allylic oxidation sites excluding steroid dienone is 3. The summed E-state index contributed by atoms with van der Waals surface area (Å²) in [6, 6.07) is 0. The molecule has 3 atom stereocenters. The van der Waals surface area contributed by atoms with Crippen LogP contribution in [0, 0.1) is 17.3 Å². The summed E-state index contributed by atoms with van der Waals surface area (Å²) in [5.74, 6) is 1.16. The molecule has 0 unspecified atom stereocenters. The Morgan fingerprint density at radius 2 is 2.42 bits per heavy atom. The van der Waals surface area contributed by atoms with Crippen LogP contribution in [0.2, 0.25) is 0 Å². The van der Waals surface area contributed by atoms with Gasteiger partial charge in [-0.25, -0.2) is 0 Å². The predicted octanol–water partition coefficient (Wildman–Crippen LogP) is 2.34. The van der Waals surface area contributed by atoms with E-state index in [0.29, 0.717) is 11.8 Å². The number of carbonyl (C=O) groups is 1. The second kappa shape index (κ2) is 2.58. The summed E-state index contributed by atoms with van der Waals surface area (Å²) in [5.41, 5.74) is -0.0822. The minimum atomic E-state index is -0.0822. The summed E-state index contributed by atoms with van der Waals surface area (Å²) < 4.78 is 0. The number of hydrogen-bond acceptors (Lipinski definition) is 1. The van der Waals surface area contributed by atoms with Crippen LogP contribution < -0.4 is 0 Å². The highest BCUT2D eigenvalue weighted by molar-refractivity contribution is 5.63. The van der Waals surface area contributed by atoms with Gasteiger partial charge in [0.1, 0.15) is 6.29 Å². The van der Waals surface area contributed by atoms with E-state index in [9.17, 15) is 4.79 Å². The van der Waals surface area contributed by atoms with Gasteiger partial charge in [-0.2, -0.15) is 0 Å². The van der Waals surface area contributed by atoms with Gasteiger partial charge in [0.25, 0.3) is 0 Å². The molecule has 0 aliphatic heterocycles. The minimum Gasteiger partial charge on any atom is -0.303 e. The maximum absolute atomic E-state index is 11.0. The van der Waals surface area contributed by atoms with Crippen molar-refractivity contribution in [2.45, 2.75) is 19.3 Å². The van der Waals surface area contributed by atoms with Crippen LogP contribution in [0.25, 0.3) is 0 Å². The predicted molar refractivity (Wildman–Crippen MR) is 48.7 cm³/mol. The molecule has 64 valence electrons. The molecule has 0 aromatic heterocycles. The average Bonchev–Trinajstić information content (AvgIpc) is 2.64. The van der Waals surface area contributed by atoms with E-state index in [4.69, 9.17) is 0 Å². The highest BCUT2D eigenvalue weighted by atomic mass is 16.1. The third-order valence-electron chi connectivity index (χ3n) is 3.31. The van der Waals surface area contributed by atoms with Gasteiger partial charge in [0.15, 0.2) is 0 Å². The fraction of sp³-hybridized carbons (Fsp3) is 0.545. The Morgan fingerprint density at radius 3 is 2.83 bits per heavy atom. The third-order valence-corrected chi connectivity index (χ3v) is 3.31. The molecule has 12 heavy (non-hydrogen) atoms. The van der Waals surface area contributed by atoms with Crippen LogP contribution in [0.1, 0.15) is 19.3 Å². The second-order valence-corrected chi connectivity index (χ2v) is 4.04. The van der Waals surface area contributed by atoms with Crippen LogP contribution in [0.15, 0.2) is 24.8 Å². The van der Waals surface area contributed by atoms with Crippen LogP contribution in [-0.4, -0.2) is 6.29 Å². The van der Waals surface area contributed by atoms with Gasteiger partial charge in [-0.15, -0.1) is 6.58 Å². The molecule has 0 N–H and O–H groups in total. The third kappa shape index (κ3) is 0.889. The van der Waals surface area contributed by atoms with Gasteiger partial charge in [-0.1, -0.05) is 18.2 Å². The molecule has 1 fully saturated rings. The number of carbonyl (C=O) groups excluding carboxylic acids is 1. The zero-order chi connectivity index (χ0) is 8.60. The van der Waals surface area contributed by atoms with Crippen molar-refractivity contribution in [3.05, 3.63) is 24.8 Å². The van der Waals surface area contributed by atoms with Gasteiger partial charge in [-0.05, 0) is 31.1 Å². The van der Waals surface area contributed by atoms with Crippen molar-refractivity contribution in [2.75, 3.05) is 0 Å². The second-order valence-electron chi connectivity index (χ2n) is 4.04. The monoisotopic (exact) mass is 162 g/mol. The zero-order valence-electron chi connectivity index (χ0n) is 7.20. The first-order valence-electron chi connectivity index (χ1n) is 4.56. The largest absolute Gasteiger partial charge is 0.303 e. The highest BCUT2D eigenvalue weighted by Gasteiger charge is 2.47. The van der Waals surface area contributed by atoms with E-state index in [2.05, 4.69) is 18.7 Å². The topological polar surface area (TPSA) is 17.1 Å². The zero-order valence-corrected chi connectivity index (χ0v) is 7.20. The molecule has 0 amide bonds. The summed E-state index contributed by atoms with van der Waals surface area (Å²) in [5, 5.41) is 0. The van der Waals surface area contributed by atoms with E-state index in [0.717, 1.165) is 19.1 Å². The average molecular weight is 162 g/mol. The standard InChI is InChI=1S/C11H14O/c1-2-5-11(8-12)7-9-3-4-10(11)6-9/h2-4,8-10H,1,5-7H2/t9-,10+,11-/m1/s1. The molecule has 0 aromatic carbocycles. The van der Waals surface area contributed by atoms with Crippen LogP contribution >= 0.6 is 0 Å². The van der Waals surface area contributed by atoms with E-state index in [1.807, 2.05) is 6.08 Å². The Bertz CT molecular complexity index is 241. The lowest BCUT2D eigenvalue weighted by Crippen LogP contribution is -2.26. The molecule has 2 aliphatic rings. The molecule has 1 saturated carbocycles. The van der Waals surface area contributed by atoms with Gasteiger partial charge >= 0.3 is 0 Å². The Hall–Kier alpha value is -0.850. The maximum Gasteiger partial charge on any atom is 0.127 e. The van der Waals surface area contributed by atoms with E-state index >= 15 is 0 Å². The van der Waals surface area contributed by atoms with E-state index in [-0.39, 0.29) is 5.41 Å². The molecule has 0 heterocycles. The Morgan fingerprint density at radius 1 is 1.58 bits per heavy atom. The van der Waals surface area contributed by atoms with Crippen LogP contribution in [0.5, 0.6) is 0 Å². The normalized spacial score (nSPS) is 43.3. The molecule has 1 heteroatoms. The van der Waals surface area contributed by atoms with Crippen molar-refractivity contribution < 1.29 is 4.79 Å². The van der Waals surface area contributed by atoms with Crippen LogP contribution in [0.4, 0.5) is 0 Å². The van der Waals surface area contributed by atoms with Gasteiger partial charge in [0, 0.05) is 5.41 Å². The molecular weight excluding hydrogens is 148 g/mol. The summed E-state index contributed by atoms with van der Waals surface area (Å²) in [7, 11) is 0. The molecule has 0 aromatic rings. The van der Waals surface area contributed by atoms with Crippen molar-refractivity contribution >= 4 is 6.29 Å². The summed E-state index contributed by atoms with van der Waals surface area (Å²) in [6.45, 7) is 3.72. The molecule has 0 spiro atoms. The molecule has 0 radical (unpaired) electrons. The fourth-order valence-electron chi connectivity index (χ4n) is 2.68. The van der Waals surface area contributed by atoms with Crippen molar-refractivity contribution in [1.82, 2.24) is 0 Å². The lowest BCUT2D eigenvalue weighted by molar-refractivity contribution is -0.117. The minimum absolute atomic E-state index is 0.0822. The number of rotatable bonds is 3. The SMILES string of the molecule is C=CC[C@]1(C=O)C[C@@H]2C=C[C@H]1C2. The first-order valence-corrected chi connectivity index (χ1v) is 4.56. The van der Waals surface area contributed by atoms with Crippen molar-refractivity contribution in [1.29, 1.82) is 0 Å². The first-order chi connectivity index (χ1) is 5.80. The van der Waals surface area contributed by atoms with E-state index < -0.39 is 0 Å². The number of hydrogen-bond donors (Lipinski definition) is 0. The quantitative estimate of drug-likeness (QED) is 0.460. The lowest BCUT2D eigenvalue weighted by atomic mass is 9.74. The Kier molecular flexibility index (Phi) is 1.67. The summed E-state index contributed by atoms with van der Waals surface area (Å²) in [6.07, 6.45) is 10.6. The molecule has 2 aliphatic carbocycles. The van der Waals surface area contributed by atoms with Gasteiger partial charge in [0.05, 0.1) is 0 Å². The Balaban J connectivity index is 2.24. The van der Waals surface area contributed by atoms with Gasteiger partial charge in [-0.3, -0.25) is 0 Å². The van der Waals surface area contributed by atoms with Crippen LogP contribution in [0.3, 0.4) is 0 Å². The van der Waals surface area contributed by atoms with Crippen molar-refractivity contribution in [3.63, 3.8) is 0 Å². The molecule has 2 bridgehead atoms. The summed E-state index contributed by atoms with van der Waals surface area (Å²) >= 11 is 0.